The predicted molar refractivity (Wildman–Crippen MR) is 103 cm³/mol. The van der Waals surface area contributed by atoms with E-state index in [4.69, 9.17) is 20.8 Å². The molecule has 0 atom stereocenters. The van der Waals surface area contributed by atoms with Gasteiger partial charge in [-0.3, -0.25) is 10.1 Å². The molecule has 146 valence electrons. The number of methoxy groups -OCH3 is 1. The van der Waals surface area contributed by atoms with Gasteiger partial charge in [0.15, 0.2) is 9.84 Å². The van der Waals surface area contributed by atoms with Gasteiger partial charge < -0.3 is 9.15 Å². The van der Waals surface area contributed by atoms with Crippen LogP contribution in [0.1, 0.15) is 6.42 Å². The lowest BCUT2D eigenvalue weighted by Crippen LogP contribution is -2.17. The third-order valence-electron chi connectivity index (χ3n) is 3.76. The summed E-state index contributed by atoms with van der Waals surface area (Å²) in [5, 5.41) is 10.4. The van der Waals surface area contributed by atoms with Crippen LogP contribution in [0.15, 0.2) is 57.8 Å². The lowest BCUT2D eigenvalue weighted by Gasteiger charge is -2.04. The number of hydrogen-bond donors (Lipinski definition) is 1. The van der Waals surface area contributed by atoms with Crippen molar-refractivity contribution >= 4 is 33.4 Å². The third-order valence-corrected chi connectivity index (χ3v) is 5.74. The van der Waals surface area contributed by atoms with Crippen LogP contribution in [0.5, 0.6) is 5.75 Å². The number of aromatic nitrogens is 2. The fraction of sp³-hybridized carbons (Fsp3) is 0.167. The lowest BCUT2D eigenvalue weighted by atomic mass is 10.2. The second-order valence-electron chi connectivity index (χ2n) is 5.72. The molecule has 0 aliphatic carbocycles. The highest BCUT2D eigenvalue weighted by atomic mass is 35.5. The van der Waals surface area contributed by atoms with Crippen LogP contribution in [-0.2, 0) is 14.6 Å². The number of carbonyl (C=O) groups is 1. The van der Waals surface area contributed by atoms with Crippen molar-refractivity contribution in [2.75, 3.05) is 18.2 Å². The molecule has 3 rings (SSSR count). The van der Waals surface area contributed by atoms with Gasteiger partial charge in [-0.15, -0.1) is 5.10 Å². The molecule has 28 heavy (non-hydrogen) atoms. The standard InChI is InChI=1S/C18H16ClN3O5S/c1-26-14-4-2-3-12(11-14)17-21-22-18(27-17)20-16(23)9-10-28(24,25)15-7-5-13(19)6-8-15/h2-8,11H,9-10H2,1H3,(H,20,22,23). The van der Waals surface area contributed by atoms with E-state index >= 15 is 0 Å². The number of rotatable bonds is 7. The van der Waals surface area contributed by atoms with Gasteiger partial charge in [0.2, 0.25) is 11.8 Å². The molecule has 10 heteroatoms. The first kappa shape index (κ1) is 19.8. The van der Waals surface area contributed by atoms with Crippen LogP contribution in [0.2, 0.25) is 5.02 Å². The van der Waals surface area contributed by atoms with Gasteiger partial charge in [0.1, 0.15) is 5.75 Å². The van der Waals surface area contributed by atoms with Crippen molar-refractivity contribution in [1.29, 1.82) is 0 Å². The highest BCUT2D eigenvalue weighted by Gasteiger charge is 2.18. The largest absolute Gasteiger partial charge is 0.497 e. The summed E-state index contributed by atoms with van der Waals surface area (Å²) in [7, 11) is -2.07. The van der Waals surface area contributed by atoms with Crippen molar-refractivity contribution in [3.8, 4) is 17.2 Å². The van der Waals surface area contributed by atoms with E-state index in [1.165, 1.54) is 31.4 Å². The van der Waals surface area contributed by atoms with Gasteiger partial charge in [-0.2, -0.15) is 0 Å². The number of carbonyl (C=O) groups excluding carboxylic acids is 1. The number of amides is 1. The summed E-state index contributed by atoms with van der Waals surface area (Å²) < 4.78 is 35.1. The maximum atomic E-state index is 12.3. The summed E-state index contributed by atoms with van der Waals surface area (Å²) in [6.45, 7) is 0. The second-order valence-corrected chi connectivity index (χ2v) is 8.26. The Bertz CT molecular complexity index is 1080. The van der Waals surface area contributed by atoms with E-state index < -0.39 is 15.7 Å². The molecule has 1 N–H and O–H groups in total. The SMILES string of the molecule is COc1cccc(-c2nnc(NC(=O)CCS(=O)(=O)c3ccc(Cl)cc3)o2)c1. The number of sulfone groups is 1. The Labute approximate surface area is 166 Å². The van der Waals surface area contributed by atoms with Crippen LogP contribution in [0.4, 0.5) is 6.01 Å². The minimum atomic E-state index is -3.61. The summed E-state index contributed by atoms with van der Waals surface area (Å²) in [6, 6.07) is 12.6. The fourth-order valence-corrected chi connectivity index (χ4v) is 3.68. The summed E-state index contributed by atoms with van der Waals surface area (Å²) >= 11 is 5.75. The molecule has 0 fully saturated rings. The minimum Gasteiger partial charge on any atom is -0.497 e. The number of anilines is 1. The second kappa shape index (κ2) is 8.41. The Morgan fingerprint density at radius 3 is 2.64 bits per heavy atom. The van der Waals surface area contributed by atoms with Crippen LogP contribution in [0.3, 0.4) is 0 Å². The normalized spacial score (nSPS) is 11.2. The Morgan fingerprint density at radius 1 is 1.18 bits per heavy atom. The molecule has 0 unspecified atom stereocenters. The van der Waals surface area contributed by atoms with Crippen LogP contribution in [-0.4, -0.2) is 37.4 Å². The van der Waals surface area contributed by atoms with E-state index in [2.05, 4.69) is 15.5 Å². The number of hydrogen-bond acceptors (Lipinski definition) is 7. The highest BCUT2D eigenvalue weighted by Crippen LogP contribution is 2.24. The van der Waals surface area contributed by atoms with E-state index in [-0.39, 0.29) is 29.0 Å². The number of nitrogens with zero attached hydrogens (tertiary/aromatic N) is 2. The molecular formula is C18H16ClN3O5S. The fourth-order valence-electron chi connectivity index (χ4n) is 2.32. The molecular weight excluding hydrogens is 406 g/mol. The molecule has 2 aromatic carbocycles. The van der Waals surface area contributed by atoms with Crippen molar-refractivity contribution < 1.29 is 22.4 Å². The molecule has 0 spiro atoms. The molecule has 1 heterocycles. The zero-order valence-electron chi connectivity index (χ0n) is 14.8. The quantitative estimate of drug-likeness (QED) is 0.623. The van der Waals surface area contributed by atoms with Gasteiger partial charge in [0.25, 0.3) is 0 Å². The van der Waals surface area contributed by atoms with E-state index in [9.17, 15) is 13.2 Å². The van der Waals surface area contributed by atoms with E-state index in [1.54, 1.807) is 24.3 Å². The molecule has 0 saturated heterocycles. The third kappa shape index (κ3) is 4.87. The minimum absolute atomic E-state index is 0.0998. The molecule has 0 aliphatic rings. The van der Waals surface area contributed by atoms with Crippen LogP contribution in [0, 0.1) is 0 Å². The van der Waals surface area contributed by atoms with Gasteiger partial charge in [0, 0.05) is 17.0 Å². The van der Waals surface area contributed by atoms with Crippen molar-refractivity contribution in [2.24, 2.45) is 0 Å². The van der Waals surface area contributed by atoms with Crippen molar-refractivity contribution in [2.45, 2.75) is 11.3 Å². The van der Waals surface area contributed by atoms with Gasteiger partial charge >= 0.3 is 6.01 Å². The van der Waals surface area contributed by atoms with Crippen molar-refractivity contribution in [3.63, 3.8) is 0 Å². The molecule has 1 amide bonds. The Kier molecular flexibility index (Phi) is 5.96. The summed E-state index contributed by atoms with van der Waals surface area (Å²) in [6.07, 6.45) is -0.262. The topological polar surface area (TPSA) is 111 Å². The van der Waals surface area contributed by atoms with Crippen LogP contribution < -0.4 is 10.1 Å². The van der Waals surface area contributed by atoms with Crippen molar-refractivity contribution in [3.05, 3.63) is 53.6 Å². The maximum Gasteiger partial charge on any atom is 0.322 e. The molecule has 0 saturated carbocycles. The van der Waals surface area contributed by atoms with Gasteiger partial charge in [-0.05, 0) is 42.5 Å². The van der Waals surface area contributed by atoms with E-state index in [1.807, 2.05) is 0 Å². The zero-order chi connectivity index (χ0) is 20.1. The summed E-state index contributed by atoms with van der Waals surface area (Å²) in [5.41, 5.74) is 0.623. The lowest BCUT2D eigenvalue weighted by molar-refractivity contribution is -0.115. The number of benzene rings is 2. The first-order chi connectivity index (χ1) is 13.4. The van der Waals surface area contributed by atoms with Gasteiger partial charge in [-0.25, -0.2) is 8.42 Å². The van der Waals surface area contributed by atoms with Crippen LogP contribution >= 0.6 is 11.6 Å². The monoisotopic (exact) mass is 421 g/mol. The van der Waals surface area contributed by atoms with Crippen LogP contribution in [0.25, 0.3) is 11.5 Å². The van der Waals surface area contributed by atoms with Gasteiger partial charge in [0.05, 0.1) is 17.8 Å². The molecule has 0 aliphatic heterocycles. The summed E-state index contributed by atoms with van der Waals surface area (Å²) in [5.74, 6) is -0.104. The average Bonchev–Trinajstić information content (AvgIpc) is 3.15. The molecule has 1 aromatic heterocycles. The number of ether oxygens (including phenoxy) is 1. The molecule has 3 aromatic rings. The first-order valence-corrected chi connectivity index (χ1v) is 10.2. The van der Waals surface area contributed by atoms with Crippen molar-refractivity contribution in [1.82, 2.24) is 10.2 Å². The van der Waals surface area contributed by atoms with Gasteiger partial charge in [-0.1, -0.05) is 22.8 Å². The smallest absolute Gasteiger partial charge is 0.322 e. The highest BCUT2D eigenvalue weighted by molar-refractivity contribution is 7.91. The first-order valence-electron chi connectivity index (χ1n) is 8.13. The Morgan fingerprint density at radius 2 is 1.93 bits per heavy atom. The Hall–Kier alpha value is -2.91. The molecule has 0 bridgehead atoms. The predicted octanol–water partition coefficient (Wildman–Crippen LogP) is 3.20. The average molecular weight is 422 g/mol. The zero-order valence-corrected chi connectivity index (χ0v) is 16.3. The van der Waals surface area contributed by atoms with E-state index in [0.717, 1.165) is 0 Å². The molecule has 0 radical (unpaired) electrons. The summed E-state index contributed by atoms with van der Waals surface area (Å²) in [4.78, 5) is 12.1. The maximum absolute atomic E-state index is 12.3. The number of halogens is 1. The number of nitrogens with one attached hydrogen (secondary N) is 1. The molecule has 8 nitrogen and oxygen atoms in total. The Balaban J connectivity index is 1.61. The van der Waals surface area contributed by atoms with E-state index in [0.29, 0.717) is 16.3 Å².